The molecular formula is C14H23N3O5. The Bertz CT molecular complexity index is 442. The van der Waals surface area contributed by atoms with Crippen LogP contribution in [0.3, 0.4) is 0 Å². The van der Waals surface area contributed by atoms with E-state index in [1.54, 1.807) is 27.7 Å². The summed E-state index contributed by atoms with van der Waals surface area (Å²) in [6.45, 7) is 6.75. The molecule has 1 N–H and O–H groups in total. The van der Waals surface area contributed by atoms with E-state index in [1.807, 2.05) is 0 Å². The van der Waals surface area contributed by atoms with E-state index in [4.69, 9.17) is 15.0 Å². The van der Waals surface area contributed by atoms with Gasteiger partial charge in [0.1, 0.15) is 12.6 Å². The van der Waals surface area contributed by atoms with Gasteiger partial charge < -0.3 is 20.3 Å². The zero-order valence-corrected chi connectivity index (χ0v) is 13.4. The number of nitrogens with one attached hydrogen (secondary N) is 1. The lowest BCUT2D eigenvalue weighted by Gasteiger charge is -2.19. The Hall–Kier alpha value is -2.05. The number of Topliss-reactive ketones (excluding diaryl/α,β-unsaturated/α-hetero) is 1. The van der Waals surface area contributed by atoms with E-state index in [0.717, 1.165) is 6.21 Å². The standard InChI is InChI=1S/C14H23N3O5/c1-9(2)21-8-13(19)17-12(14(20)22-10(3)4)6-5-11(18)7-16-15/h7,9-10,12H,5-6,8H2,1-4H3,(H,17,19)/t12-/m0/s1. The van der Waals surface area contributed by atoms with Crippen molar-refractivity contribution in [3.8, 4) is 0 Å². The smallest absolute Gasteiger partial charge is 0.328 e. The lowest BCUT2D eigenvalue weighted by atomic mass is 10.1. The maximum Gasteiger partial charge on any atom is 0.328 e. The first-order chi connectivity index (χ1) is 10.3. The van der Waals surface area contributed by atoms with Crippen molar-refractivity contribution in [1.82, 2.24) is 5.32 Å². The van der Waals surface area contributed by atoms with E-state index < -0.39 is 23.7 Å². The van der Waals surface area contributed by atoms with E-state index >= 15 is 0 Å². The van der Waals surface area contributed by atoms with Crippen LogP contribution in [0.25, 0.3) is 5.53 Å². The number of ketones is 1. The lowest BCUT2D eigenvalue weighted by Crippen LogP contribution is -2.44. The SMILES string of the molecule is CC(C)OCC(=O)N[C@@H](CCC(=O)C=[N+]=[N-])C(=O)OC(C)C. The first-order valence-corrected chi connectivity index (χ1v) is 7.08. The second-order valence-electron chi connectivity index (χ2n) is 5.22. The Morgan fingerprint density at radius 3 is 2.32 bits per heavy atom. The minimum Gasteiger partial charge on any atom is -0.461 e. The normalized spacial score (nSPS) is 11.7. The molecule has 0 aliphatic heterocycles. The number of amides is 1. The Labute approximate surface area is 129 Å². The molecule has 0 aromatic carbocycles. The fourth-order valence-electron chi connectivity index (χ4n) is 1.46. The van der Waals surface area contributed by atoms with Gasteiger partial charge in [0, 0.05) is 6.42 Å². The van der Waals surface area contributed by atoms with Gasteiger partial charge >= 0.3 is 12.2 Å². The third-order valence-corrected chi connectivity index (χ3v) is 2.40. The van der Waals surface area contributed by atoms with Gasteiger partial charge in [0.05, 0.1) is 12.2 Å². The Morgan fingerprint density at radius 2 is 1.82 bits per heavy atom. The summed E-state index contributed by atoms with van der Waals surface area (Å²) < 4.78 is 10.2. The average Bonchev–Trinajstić information content (AvgIpc) is 2.40. The molecule has 0 aliphatic rings. The van der Waals surface area contributed by atoms with Gasteiger partial charge in [-0.15, -0.1) is 0 Å². The predicted molar refractivity (Wildman–Crippen MR) is 78.2 cm³/mol. The minimum absolute atomic E-state index is 0.0455. The Kier molecular flexibility index (Phi) is 9.65. The molecular weight excluding hydrogens is 290 g/mol. The first-order valence-electron chi connectivity index (χ1n) is 7.08. The summed E-state index contributed by atoms with van der Waals surface area (Å²) >= 11 is 0. The topological polar surface area (TPSA) is 118 Å². The summed E-state index contributed by atoms with van der Waals surface area (Å²) in [4.78, 5) is 37.6. The van der Waals surface area contributed by atoms with Crippen molar-refractivity contribution in [3.05, 3.63) is 5.53 Å². The highest BCUT2D eigenvalue weighted by atomic mass is 16.5. The number of carbonyl (C=O) groups excluding carboxylic acids is 3. The van der Waals surface area contributed by atoms with Gasteiger partial charge in [0.2, 0.25) is 11.7 Å². The highest BCUT2D eigenvalue weighted by Gasteiger charge is 2.24. The van der Waals surface area contributed by atoms with Crippen LogP contribution < -0.4 is 5.32 Å². The van der Waals surface area contributed by atoms with Crippen LogP contribution in [0.5, 0.6) is 0 Å². The molecule has 8 heteroatoms. The first kappa shape index (κ1) is 19.9. The molecule has 1 atom stereocenters. The fourth-order valence-corrected chi connectivity index (χ4v) is 1.46. The number of rotatable bonds is 10. The summed E-state index contributed by atoms with van der Waals surface area (Å²) in [5.74, 6) is -1.55. The van der Waals surface area contributed by atoms with E-state index in [2.05, 4.69) is 10.1 Å². The highest BCUT2D eigenvalue weighted by molar-refractivity contribution is 6.25. The van der Waals surface area contributed by atoms with Gasteiger partial charge in [-0.05, 0) is 34.1 Å². The molecule has 0 aromatic rings. The van der Waals surface area contributed by atoms with Crippen LogP contribution in [-0.2, 0) is 23.9 Å². The molecule has 22 heavy (non-hydrogen) atoms. The second kappa shape index (κ2) is 10.6. The number of hydrogen-bond acceptors (Lipinski definition) is 5. The zero-order valence-electron chi connectivity index (χ0n) is 13.4. The van der Waals surface area contributed by atoms with Crippen LogP contribution in [0.4, 0.5) is 0 Å². The molecule has 124 valence electrons. The molecule has 0 saturated heterocycles. The summed E-state index contributed by atoms with van der Waals surface area (Å²) in [5, 5.41) is 2.48. The number of nitrogens with zero attached hydrogens (tertiary/aromatic N) is 2. The number of carbonyl (C=O) groups is 3. The van der Waals surface area contributed by atoms with Crippen molar-refractivity contribution >= 4 is 23.9 Å². The Morgan fingerprint density at radius 1 is 1.18 bits per heavy atom. The minimum atomic E-state index is -0.957. The largest absolute Gasteiger partial charge is 0.461 e. The van der Waals surface area contributed by atoms with Crippen LogP contribution in [0.15, 0.2) is 0 Å². The fraction of sp³-hybridized carbons (Fsp3) is 0.714. The summed E-state index contributed by atoms with van der Waals surface area (Å²) in [6.07, 6.45) is 0.272. The summed E-state index contributed by atoms with van der Waals surface area (Å²) in [7, 11) is 0. The van der Waals surface area contributed by atoms with Gasteiger partial charge in [-0.2, -0.15) is 4.79 Å². The van der Waals surface area contributed by atoms with Crippen LogP contribution in [-0.4, -0.2) is 53.5 Å². The van der Waals surface area contributed by atoms with Crippen molar-refractivity contribution in [2.45, 2.75) is 58.8 Å². The van der Waals surface area contributed by atoms with Crippen LogP contribution in [0.2, 0.25) is 0 Å². The molecule has 0 heterocycles. The molecule has 0 unspecified atom stereocenters. The molecule has 8 nitrogen and oxygen atoms in total. The number of ether oxygens (including phenoxy) is 2. The van der Waals surface area contributed by atoms with Crippen LogP contribution in [0, 0.1) is 0 Å². The number of esters is 1. The van der Waals surface area contributed by atoms with E-state index in [-0.39, 0.29) is 31.7 Å². The quantitative estimate of drug-likeness (QED) is 0.273. The molecule has 0 saturated carbocycles. The van der Waals surface area contributed by atoms with Crippen molar-refractivity contribution in [2.24, 2.45) is 0 Å². The van der Waals surface area contributed by atoms with Gasteiger partial charge in [0.15, 0.2) is 0 Å². The second-order valence-corrected chi connectivity index (χ2v) is 5.22. The highest BCUT2D eigenvalue weighted by Crippen LogP contribution is 2.03. The third-order valence-electron chi connectivity index (χ3n) is 2.40. The molecule has 0 bridgehead atoms. The van der Waals surface area contributed by atoms with Gasteiger partial charge in [-0.1, -0.05) is 0 Å². The van der Waals surface area contributed by atoms with Crippen molar-refractivity contribution in [1.29, 1.82) is 0 Å². The Balaban J connectivity index is 4.63. The molecule has 0 fully saturated rings. The third kappa shape index (κ3) is 9.79. The van der Waals surface area contributed by atoms with E-state index in [1.165, 1.54) is 0 Å². The molecule has 0 rings (SSSR count). The average molecular weight is 313 g/mol. The van der Waals surface area contributed by atoms with E-state index in [0.29, 0.717) is 0 Å². The molecule has 0 radical (unpaired) electrons. The zero-order chi connectivity index (χ0) is 17.1. The maximum atomic E-state index is 11.9. The van der Waals surface area contributed by atoms with Crippen LogP contribution in [0.1, 0.15) is 40.5 Å². The van der Waals surface area contributed by atoms with Crippen molar-refractivity contribution < 1.29 is 28.6 Å². The van der Waals surface area contributed by atoms with Gasteiger partial charge in [-0.25, -0.2) is 4.79 Å². The molecule has 0 aromatic heterocycles. The van der Waals surface area contributed by atoms with Gasteiger partial charge in [-0.3, -0.25) is 9.59 Å². The molecule has 0 spiro atoms. The summed E-state index contributed by atoms with van der Waals surface area (Å²) in [6, 6.07) is -0.957. The van der Waals surface area contributed by atoms with Crippen LogP contribution >= 0.6 is 0 Å². The molecule has 1 amide bonds. The monoisotopic (exact) mass is 313 g/mol. The maximum absolute atomic E-state index is 11.9. The van der Waals surface area contributed by atoms with Crippen molar-refractivity contribution in [2.75, 3.05) is 6.61 Å². The molecule has 0 aliphatic carbocycles. The van der Waals surface area contributed by atoms with Gasteiger partial charge in [0.25, 0.3) is 0 Å². The lowest BCUT2D eigenvalue weighted by molar-refractivity contribution is -0.152. The predicted octanol–water partition coefficient (Wildman–Crippen LogP) is 0.498. The number of hydrogen-bond donors (Lipinski definition) is 1. The summed E-state index contributed by atoms with van der Waals surface area (Å²) in [5.41, 5.74) is 8.27. The van der Waals surface area contributed by atoms with E-state index in [9.17, 15) is 14.4 Å². The van der Waals surface area contributed by atoms with Crippen molar-refractivity contribution in [3.63, 3.8) is 0 Å².